The van der Waals surface area contributed by atoms with Gasteiger partial charge in [-0.2, -0.15) is 0 Å². The third-order valence-corrected chi connectivity index (χ3v) is 1.17. The van der Waals surface area contributed by atoms with Crippen molar-refractivity contribution < 1.29 is 4.84 Å². The van der Waals surface area contributed by atoms with Crippen molar-refractivity contribution in [2.45, 2.75) is 12.5 Å². The van der Waals surface area contributed by atoms with E-state index in [1.165, 1.54) is 0 Å². The van der Waals surface area contributed by atoms with Crippen molar-refractivity contribution in [3.05, 3.63) is 0 Å². The second kappa shape index (κ2) is 2.17. The molecule has 0 saturated carbocycles. The van der Waals surface area contributed by atoms with Gasteiger partial charge < -0.3 is 4.84 Å². The molecule has 0 fully saturated rings. The van der Waals surface area contributed by atoms with Crippen LogP contribution in [0.3, 0.4) is 0 Å². The van der Waals surface area contributed by atoms with Crippen molar-refractivity contribution in [2.24, 2.45) is 5.16 Å². The third kappa shape index (κ3) is 1.06. The van der Waals surface area contributed by atoms with Crippen LogP contribution in [0.2, 0.25) is 0 Å². The molecule has 3 heteroatoms. The maximum absolute atomic E-state index is 5.40. The van der Waals surface area contributed by atoms with Crippen molar-refractivity contribution in [1.29, 1.82) is 0 Å². The van der Waals surface area contributed by atoms with Gasteiger partial charge in [0.1, 0.15) is 6.10 Å². The third-order valence-electron chi connectivity index (χ3n) is 0.825. The Morgan fingerprint density at radius 3 is 3.14 bits per heavy atom. The van der Waals surface area contributed by atoms with Crippen LogP contribution < -0.4 is 0 Å². The molecular weight excluding hydrogens is 114 g/mol. The van der Waals surface area contributed by atoms with Crippen molar-refractivity contribution in [3.63, 3.8) is 0 Å². The summed E-state index contributed by atoms with van der Waals surface area (Å²) < 4.78 is 0. The van der Waals surface area contributed by atoms with Gasteiger partial charge in [0.15, 0.2) is 0 Å². The van der Waals surface area contributed by atoms with Gasteiger partial charge in [-0.1, -0.05) is 5.16 Å². The Kier molecular flexibility index (Phi) is 1.52. The molecule has 0 N–H and O–H groups in total. The van der Waals surface area contributed by atoms with Gasteiger partial charge >= 0.3 is 0 Å². The van der Waals surface area contributed by atoms with Crippen molar-refractivity contribution >= 4 is 17.8 Å². The molecule has 1 rings (SSSR count). The van der Waals surface area contributed by atoms with Crippen molar-refractivity contribution in [3.8, 4) is 0 Å². The highest BCUT2D eigenvalue weighted by Gasteiger charge is 2.09. The normalized spacial score (nSPS) is 27.9. The minimum Gasteiger partial charge on any atom is -0.391 e. The van der Waals surface area contributed by atoms with E-state index in [4.69, 9.17) is 16.4 Å². The second-order valence-electron chi connectivity index (χ2n) is 1.41. The molecule has 0 aromatic heterocycles. The Hall–Kier alpha value is -0.240. The maximum Gasteiger partial charge on any atom is 0.146 e. The molecule has 0 aromatic carbocycles. The zero-order valence-electron chi connectivity index (χ0n) is 3.80. The van der Waals surface area contributed by atoms with Crippen LogP contribution in [-0.2, 0) is 4.84 Å². The average molecular weight is 120 g/mol. The van der Waals surface area contributed by atoms with Crippen molar-refractivity contribution in [2.75, 3.05) is 5.88 Å². The van der Waals surface area contributed by atoms with E-state index < -0.39 is 0 Å². The zero-order chi connectivity index (χ0) is 5.11. The number of alkyl halides is 1. The Morgan fingerprint density at radius 1 is 2.00 bits per heavy atom. The van der Waals surface area contributed by atoms with Crippen LogP contribution in [0.25, 0.3) is 0 Å². The van der Waals surface area contributed by atoms with Gasteiger partial charge in [-0.15, -0.1) is 11.6 Å². The van der Waals surface area contributed by atoms with Crippen LogP contribution in [0.1, 0.15) is 6.42 Å². The van der Waals surface area contributed by atoms with E-state index in [1.54, 1.807) is 6.21 Å². The number of oxime groups is 1. The zero-order valence-corrected chi connectivity index (χ0v) is 4.56. The average Bonchev–Trinajstić information content (AvgIpc) is 2.14. The van der Waals surface area contributed by atoms with Crippen LogP contribution in [0.4, 0.5) is 0 Å². The highest BCUT2D eigenvalue weighted by atomic mass is 35.5. The number of hydrogen-bond acceptors (Lipinski definition) is 2. The summed E-state index contributed by atoms with van der Waals surface area (Å²) >= 11 is 5.40. The van der Waals surface area contributed by atoms with E-state index in [0.717, 1.165) is 6.42 Å². The predicted octanol–water partition coefficient (Wildman–Crippen LogP) is 1.000. The first kappa shape index (κ1) is 4.91. The molecule has 0 amide bonds. The summed E-state index contributed by atoms with van der Waals surface area (Å²) in [7, 11) is 0. The van der Waals surface area contributed by atoms with Gasteiger partial charge in [-0.3, -0.25) is 0 Å². The standard InChI is InChI=1S/C4H6ClNO/c5-3-4-1-2-6-7-4/h2,4H,1,3H2/t4-/m0/s1. The summed E-state index contributed by atoms with van der Waals surface area (Å²) in [6, 6.07) is 0. The molecule has 0 spiro atoms. The fraction of sp³-hybridized carbons (Fsp3) is 0.750. The van der Waals surface area contributed by atoms with Crippen LogP contribution >= 0.6 is 11.6 Å². The summed E-state index contributed by atoms with van der Waals surface area (Å²) in [6.07, 6.45) is 2.73. The maximum atomic E-state index is 5.40. The molecule has 2 nitrogen and oxygen atoms in total. The van der Waals surface area contributed by atoms with Gasteiger partial charge in [0.2, 0.25) is 0 Å². The van der Waals surface area contributed by atoms with Crippen LogP contribution in [-0.4, -0.2) is 18.2 Å². The molecule has 0 unspecified atom stereocenters. The Balaban J connectivity index is 2.22. The summed E-state index contributed by atoms with van der Waals surface area (Å²) in [4.78, 5) is 4.74. The molecule has 1 heterocycles. The van der Waals surface area contributed by atoms with Gasteiger partial charge in [0.05, 0.1) is 5.88 Å². The quantitative estimate of drug-likeness (QED) is 0.472. The Bertz CT molecular complexity index is 75.8. The molecule has 0 aliphatic carbocycles. The SMILES string of the molecule is ClC[C@@H]1CC=NO1. The van der Waals surface area contributed by atoms with Gasteiger partial charge in [0, 0.05) is 12.6 Å². The lowest BCUT2D eigenvalue weighted by Crippen LogP contribution is -2.05. The molecule has 0 aromatic rings. The minimum absolute atomic E-state index is 0.140. The smallest absolute Gasteiger partial charge is 0.146 e. The first-order valence-electron chi connectivity index (χ1n) is 2.17. The van der Waals surface area contributed by atoms with Crippen LogP contribution in [0.15, 0.2) is 5.16 Å². The van der Waals surface area contributed by atoms with Crippen LogP contribution in [0.5, 0.6) is 0 Å². The Morgan fingerprint density at radius 2 is 2.86 bits per heavy atom. The number of rotatable bonds is 1. The molecule has 40 valence electrons. The summed E-state index contributed by atoms with van der Waals surface area (Å²) in [6.45, 7) is 0. The van der Waals surface area contributed by atoms with E-state index in [9.17, 15) is 0 Å². The molecule has 1 atom stereocenters. The van der Waals surface area contributed by atoms with Gasteiger partial charge in [0.25, 0.3) is 0 Å². The van der Waals surface area contributed by atoms with Crippen LogP contribution in [0, 0.1) is 0 Å². The van der Waals surface area contributed by atoms with Crippen molar-refractivity contribution in [1.82, 2.24) is 0 Å². The molecular formula is C4H6ClNO. The first-order valence-corrected chi connectivity index (χ1v) is 2.70. The van der Waals surface area contributed by atoms with Gasteiger partial charge in [-0.25, -0.2) is 0 Å². The van der Waals surface area contributed by atoms with E-state index in [-0.39, 0.29) is 6.10 Å². The second-order valence-corrected chi connectivity index (χ2v) is 1.71. The Labute approximate surface area is 47.1 Å². The monoisotopic (exact) mass is 119 g/mol. The fourth-order valence-electron chi connectivity index (χ4n) is 0.424. The number of hydrogen-bond donors (Lipinski definition) is 0. The predicted molar refractivity (Wildman–Crippen MR) is 28.7 cm³/mol. The first-order chi connectivity index (χ1) is 3.43. The minimum atomic E-state index is 0.140. The highest BCUT2D eigenvalue weighted by molar-refractivity contribution is 6.18. The van der Waals surface area contributed by atoms with Gasteiger partial charge in [-0.05, 0) is 0 Å². The lowest BCUT2D eigenvalue weighted by atomic mass is 10.3. The lowest BCUT2D eigenvalue weighted by Gasteiger charge is -1.98. The molecule has 0 bridgehead atoms. The van der Waals surface area contributed by atoms with E-state index in [0.29, 0.717) is 5.88 Å². The molecule has 1 aliphatic heterocycles. The molecule has 1 aliphatic rings. The topological polar surface area (TPSA) is 21.6 Å². The fourth-order valence-corrected chi connectivity index (χ4v) is 0.606. The molecule has 7 heavy (non-hydrogen) atoms. The number of halogens is 1. The van der Waals surface area contributed by atoms with E-state index >= 15 is 0 Å². The summed E-state index contributed by atoms with van der Waals surface area (Å²) in [5.41, 5.74) is 0. The largest absolute Gasteiger partial charge is 0.391 e. The number of nitrogens with zero attached hydrogens (tertiary/aromatic N) is 1. The molecule has 0 radical (unpaired) electrons. The lowest BCUT2D eigenvalue weighted by molar-refractivity contribution is 0.102. The highest BCUT2D eigenvalue weighted by Crippen LogP contribution is 2.04. The summed E-state index contributed by atoms with van der Waals surface area (Å²) in [5, 5.41) is 3.53. The van der Waals surface area contributed by atoms with E-state index in [1.807, 2.05) is 0 Å². The molecule has 0 saturated heterocycles. The van der Waals surface area contributed by atoms with E-state index in [2.05, 4.69) is 5.16 Å². The summed E-state index contributed by atoms with van der Waals surface area (Å²) in [5.74, 6) is 0.542.